The molecule has 4 nitrogen and oxygen atoms in total. The maximum atomic E-state index is 12.6. The lowest BCUT2D eigenvalue weighted by molar-refractivity contribution is -0.133. The first-order valence-corrected chi connectivity index (χ1v) is 10.7. The fourth-order valence-electron chi connectivity index (χ4n) is 3.91. The van der Waals surface area contributed by atoms with E-state index in [4.69, 9.17) is 0 Å². The van der Waals surface area contributed by atoms with Gasteiger partial charge < -0.3 is 9.80 Å². The molecule has 144 valence electrons. The highest BCUT2D eigenvalue weighted by atomic mass is 32.2. The fraction of sp³-hybridized carbons (Fsp3) is 0.304. The largest absolute Gasteiger partial charge is 0.339 e. The lowest BCUT2D eigenvalue weighted by Crippen LogP contribution is -2.52. The van der Waals surface area contributed by atoms with Crippen molar-refractivity contribution in [3.8, 4) is 0 Å². The van der Waals surface area contributed by atoms with Crippen LogP contribution in [0, 0.1) is 0 Å². The second kappa shape index (κ2) is 8.23. The minimum absolute atomic E-state index is 0.0441. The predicted molar refractivity (Wildman–Crippen MR) is 113 cm³/mol. The first kappa shape index (κ1) is 18.8. The van der Waals surface area contributed by atoms with E-state index < -0.39 is 0 Å². The van der Waals surface area contributed by atoms with Crippen LogP contribution < -0.4 is 0 Å². The third-order valence-electron chi connectivity index (χ3n) is 5.52. The molecule has 0 saturated carbocycles. The molecular weight excluding hydrogens is 368 g/mol. The molecule has 0 N–H and O–H groups in total. The second-order valence-corrected chi connectivity index (χ2v) is 8.61. The summed E-state index contributed by atoms with van der Waals surface area (Å²) in [7, 11) is 0. The number of carbonyl (C=O) groups is 2. The van der Waals surface area contributed by atoms with Gasteiger partial charge in [-0.05, 0) is 30.0 Å². The van der Waals surface area contributed by atoms with E-state index in [1.54, 1.807) is 17.8 Å². The highest BCUT2D eigenvalue weighted by Gasteiger charge is 2.48. The number of thioether (sulfide) groups is 1. The number of carbonyl (C=O) groups excluding carboxylic acids is 2. The van der Waals surface area contributed by atoms with Crippen molar-refractivity contribution in [2.75, 3.05) is 18.8 Å². The van der Waals surface area contributed by atoms with Gasteiger partial charge in [0, 0.05) is 25.7 Å². The van der Waals surface area contributed by atoms with E-state index in [0.29, 0.717) is 25.4 Å². The SMILES string of the molecule is O=C(/C=C/c1ccccc1)N1CCC2(CC1)SCC(=O)N2Cc1ccccc1. The Hall–Kier alpha value is -2.53. The summed E-state index contributed by atoms with van der Waals surface area (Å²) in [4.78, 5) is 28.9. The molecule has 5 heteroatoms. The van der Waals surface area contributed by atoms with Crippen LogP contribution in [0.15, 0.2) is 66.7 Å². The number of amides is 2. The molecule has 2 fully saturated rings. The van der Waals surface area contributed by atoms with Gasteiger partial charge in [-0.15, -0.1) is 11.8 Å². The molecule has 2 saturated heterocycles. The van der Waals surface area contributed by atoms with Crippen LogP contribution in [0.5, 0.6) is 0 Å². The lowest BCUT2D eigenvalue weighted by atomic mass is 10.0. The molecule has 2 aliphatic heterocycles. The average Bonchev–Trinajstić information content (AvgIpc) is 3.04. The molecule has 0 unspecified atom stereocenters. The monoisotopic (exact) mass is 392 g/mol. The molecule has 2 aliphatic rings. The zero-order chi connectivity index (χ0) is 19.4. The molecule has 2 aromatic carbocycles. The van der Waals surface area contributed by atoms with Crippen molar-refractivity contribution >= 4 is 29.7 Å². The van der Waals surface area contributed by atoms with Crippen molar-refractivity contribution in [1.29, 1.82) is 0 Å². The Labute approximate surface area is 170 Å². The summed E-state index contributed by atoms with van der Waals surface area (Å²) in [5.74, 6) is 0.787. The summed E-state index contributed by atoms with van der Waals surface area (Å²) < 4.78 is 0. The first-order valence-electron chi connectivity index (χ1n) is 9.67. The maximum Gasteiger partial charge on any atom is 0.246 e. The van der Waals surface area contributed by atoms with Gasteiger partial charge >= 0.3 is 0 Å². The zero-order valence-electron chi connectivity index (χ0n) is 15.8. The average molecular weight is 393 g/mol. The number of rotatable bonds is 4. The molecule has 4 rings (SSSR count). The predicted octanol–water partition coefficient (Wildman–Crippen LogP) is 3.79. The Morgan fingerprint density at radius 1 is 1.00 bits per heavy atom. The van der Waals surface area contributed by atoms with Crippen molar-refractivity contribution in [3.63, 3.8) is 0 Å². The Balaban J connectivity index is 1.40. The van der Waals surface area contributed by atoms with Crippen LogP contribution >= 0.6 is 11.8 Å². The van der Waals surface area contributed by atoms with Crippen LogP contribution in [0.2, 0.25) is 0 Å². The van der Waals surface area contributed by atoms with Gasteiger partial charge in [-0.2, -0.15) is 0 Å². The van der Waals surface area contributed by atoms with Gasteiger partial charge in [-0.1, -0.05) is 60.7 Å². The number of hydrogen-bond acceptors (Lipinski definition) is 3. The molecule has 0 atom stereocenters. The van der Waals surface area contributed by atoms with Gasteiger partial charge in [0.15, 0.2) is 0 Å². The smallest absolute Gasteiger partial charge is 0.246 e. The summed E-state index contributed by atoms with van der Waals surface area (Å²) in [6.45, 7) is 2.02. The number of hydrogen-bond donors (Lipinski definition) is 0. The van der Waals surface area contributed by atoms with Crippen LogP contribution in [0.4, 0.5) is 0 Å². The highest BCUT2D eigenvalue weighted by molar-refractivity contribution is 8.01. The highest BCUT2D eigenvalue weighted by Crippen LogP contribution is 2.45. The molecule has 0 bridgehead atoms. The lowest BCUT2D eigenvalue weighted by Gasteiger charge is -2.44. The van der Waals surface area contributed by atoms with E-state index in [2.05, 4.69) is 12.1 Å². The Kier molecular flexibility index (Phi) is 5.53. The van der Waals surface area contributed by atoms with E-state index >= 15 is 0 Å². The standard InChI is InChI=1S/C23H24N2O2S/c26-21(12-11-19-7-3-1-4-8-19)24-15-13-23(14-16-24)25(22(27)18-28-23)17-20-9-5-2-6-10-20/h1-12H,13-18H2/b12-11+. The molecule has 28 heavy (non-hydrogen) atoms. The van der Waals surface area contributed by atoms with Crippen molar-refractivity contribution < 1.29 is 9.59 Å². The summed E-state index contributed by atoms with van der Waals surface area (Å²) in [6, 6.07) is 20.0. The van der Waals surface area contributed by atoms with E-state index in [9.17, 15) is 9.59 Å². The molecule has 2 heterocycles. The van der Waals surface area contributed by atoms with Crippen LogP contribution in [0.1, 0.15) is 24.0 Å². The summed E-state index contributed by atoms with van der Waals surface area (Å²) in [5.41, 5.74) is 2.18. The molecule has 0 aliphatic carbocycles. The molecule has 2 aromatic rings. The Morgan fingerprint density at radius 2 is 1.64 bits per heavy atom. The third kappa shape index (κ3) is 3.99. The first-order chi connectivity index (χ1) is 13.7. The maximum absolute atomic E-state index is 12.6. The molecule has 0 radical (unpaired) electrons. The van der Waals surface area contributed by atoms with Crippen molar-refractivity contribution in [3.05, 3.63) is 77.9 Å². The Morgan fingerprint density at radius 3 is 2.32 bits per heavy atom. The molecule has 2 amide bonds. The molecular formula is C23H24N2O2S. The summed E-state index contributed by atoms with van der Waals surface area (Å²) in [6.07, 6.45) is 5.16. The number of benzene rings is 2. The molecule has 1 spiro atoms. The summed E-state index contributed by atoms with van der Waals surface area (Å²) >= 11 is 1.75. The quantitative estimate of drug-likeness (QED) is 0.743. The van der Waals surface area contributed by atoms with Crippen LogP contribution in [-0.2, 0) is 16.1 Å². The van der Waals surface area contributed by atoms with Crippen LogP contribution in [0.25, 0.3) is 6.08 Å². The van der Waals surface area contributed by atoms with Crippen molar-refractivity contribution in [2.45, 2.75) is 24.3 Å². The van der Waals surface area contributed by atoms with Crippen LogP contribution in [-0.4, -0.2) is 45.3 Å². The van der Waals surface area contributed by atoms with Gasteiger partial charge in [0.05, 0.1) is 10.6 Å². The van der Waals surface area contributed by atoms with E-state index in [1.165, 1.54) is 0 Å². The van der Waals surface area contributed by atoms with Gasteiger partial charge in [-0.3, -0.25) is 9.59 Å². The van der Waals surface area contributed by atoms with Gasteiger partial charge in [0.25, 0.3) is 0 Å². The van der Waals surface area contributed by atoms with E-state index in [-0.39, 0.29) is 16.7 Å². The minimum atomic E-state index is -0.174. The number of likely N-dealkylation sites (tertiary alicyclic amines) is 1. The Bertz CT molecular complexity index is 859. The number of piperidine rings is 1. The fourth-order valence-corrected chi connectivity index (χ4v) is 5.25. The molecule has 0 aromatic heterocycles. The van der Waals surface area contributed by atoms with Crippen molar-refractivity contribution in [1.82, 2.24) is 9.80 Å². The second-order valence-electron chi connectivity index (χ2n) is 7.27. The van der Waals surface area contributed by atoms with Gasteiger partial charge in [-0.25, -0.2) is 0 Å². The summed E-state index contributed by atoms with van der Waals surface area (Å²) in [5, 5.41) is 0. The van der Waals surface area contributed by atoms with Crippen LogP contribution in [0.3, 0.4) is 0 Å². The normalized spacial score (nSPS) is 18.9. The third-order valence-corrected chi connectivity index (χ3v) is 7.07. The number of nitrogens with zero attached hydrogens (tertiary/aromatic N) is 2. The van der Waals surface area contributed by atoms with E-state index in [1.807, 2.05) is 64.4 Å². The van der Waals surface area contributed by atoms with E-state index in [0.717, 1.165) is 24.0 Å². The van der Waals surface area contributed by atoms with Crippen molar-refractivity contribution in [2.24, 2.45) is 0 Å². The van der Waals surface area contributed by atoms with Gasteiger partial charge in [0.2, 0.25) is 11.8 Å². The topological polar surface area (TPSA) is 40.6 Å². The van der Waals surface area contributed by atoms with Gasteiger partial charge in [0.1, 0.15) is 0 Å². The minimum Gasteiger partial charge on any atom is -0.339 e. The zero-order valence-corrected chi connectivity index (χ0v) is 16.6.